The van der Waals surface area contributed by atoms with Crippen molar-refractivity contribution in [1.29, 1.82) is 0 Å². The molecule has 0 bridgehead atoms. The van der Waals surface area contributed by atoms with E-state index in [4.69, 9.17) is 0 Å². The predicted molar refractivity (Wildman–Crippen MR) is 83.8 cm³/mol. The first-order valence-corrected chi connectivity index (χ1v) is 7.38. The van der Waals surface area contributed by atoms with Gasteiger partial charge >= 0.3 is 0 Å². The molecule has 4 nitrogen and oxygen atoms in total. The van der Waals surface area contributed by atoms with E-state index in [-0.39, 0.29) is 18.4 Å². The molecule has 0 saturated heterocycles. The van der Waals surface area contributed by atoms with Crippen LogP contribution in [0.2, 0.25) is 0 Å². The zero-order valence-electron chi connectivity index (χ0n) is 11.8. The largest absolute Gasteiger partial charge is 0.388 e. The molecule has 0 aliphatic rings. The molecule has 0 saturated carbocycles. The summed E-state index contributed by atoms with van der Waals surface area (Å²) in [6.07, 6.45) is 0. The summed E-state index contributed by atoms with van der Waals surface area (Å²) in [7, 11) is 0. The number of rotatable bonds is 4. The summed E-state index contributed by atoms with van der Waals surface area (Å²) in [5, 5.41) is 13.9. The number of carbonyl (C=O) groups excluding carboxylic acids is 1. The van der Waals surface area contributed by atoms with Gasteiger partial charge in [0.05, 0.1) is 5.60 Å². The quantitative estimate of drug-likeness (QED) is 0.802. The fourth-order valence-corrected chi connectivity index (χ4v) is 2.14. The number of halogens is 1. The van der Waals surface area contributed by atoms with Crippen molar-refractivity contribution in [3.05, 3.63) is 34.4 Å². The van der Waals surface area contributed by atoms with Gasteiger partial charge in [-0.25, -0.2) is 0 Å². The molecular formula is C15H19BrN2O2. The third-order valence-electron chi connectivity index (χ3n) is 3.68. The van der Waals surface area contributed by atoms with Gasteiger partial charge in [0.25, 0.3) is 5.91 Å². The van der Waals surface area contributed by atoms with E-state index in [1.54, 1.807) is 13.0 Å². The third-order valence-corrected chi connectivity index (χ3v) is 4.17. The summed E-state index contributed by atoms with van der Waals surface area (Å²) < 4.78 is 0.960. The SMILES string of the molecule is CC(C)C(C)(O)CNC(=O)c1cc2ccc(Br)cc2[nH]1. The Morgan fingerprint density at radius 1 is 1.45 bits per heavy atom. The van der Waals surface area contributed by atoms with E-state index in [0.29, 0.717) is 5.69 Å². The number of fused-ring (bicyclic) bond motifs is 1. The third kappa shape index (κ3) is 3.22. The van der Waals surface area contributed by atoms with Gasteiger partial charge in [0.1, 0.15) is 5.69 Å². The van der Waals surface area contributed by atoms with Crippen LogP contribution in [0.5, 0.6) is 0 Å². The molecule has 1 aromatic carbocycles. The van der Waals surface area contributed by atoms with Crippen LogP contribution in [0.15, 0.2) is 28.7 Å². The second-order valence-electron chi connectivity index (χ2n) is 5.61. The maximum atomic E-state index is 12.1. The molecule has 20 heavy (non-hydrogen) atoms. The first-order valence-electron chi connectivity index (χ1n) is 6.58. The van der Waals surface area contributed by atoms with Crippen molar-refractivity contribution in [2.45, 2.75) is 26.4 Å². The number of hydrogen-bond acceptors (Lipinski definition) is 2. The van der Waals surface area contributed by atoms with Crippen LogP contribution in [0, 0.1) is 5.92 Å². The average molecular weight is 339 g/mol. The lowest BCUT2D eigenvalue weighted by molar-refractivity contribution is 0.0142. The number of amides is 1. The fraction of sp³-hybridized carbons (Fsp3) is 0.400. The predicted octanol–water partition coefficient (Wildman–Crippen LogP) is 3.07. The first-order chi connectivity index (χ1) is 9.29. The minimum atomic E-state index is -0.912. The number of benzene rings is 1. The molecule has 1 amide bonds. The summed E-state index contributed by atoms with van der Waals surface area (Å²) in [5.41, 5.74) is 0.489. The highest BCUT2D eigenvalue weighted by molar-refractivity contribution is 9.10. The lowest BCUT2D eigenvalue weighted by atomic mass is 9.92. The van der Waals surface area contributed by atoms with Gasteiger partial charge in [-0.15, -0.1) is 0 Å². The number of aliphatic hydroxyl groups is 1. The van der Waals surface area contributed by atoms with Crippen LogP contribution in [0.4, 0.5) is 0 Å². The standard InChI is InChI=1S/C15H19BrN2O2/c1-9(2)15(3,20)8-17-14(19)13-6-10-4-5-11(16)7-12(10)18-13/h4-7,9,18,20H,8H2,1-3H3,(H,17,19). The molecule has 1 unspecified atom stereocenters. The zero-order valence-corrected chi connectivity index (χ0v) is 13.4. The highest BCUT2D eigenvalue weighted by Gasteiger charge is 2.25. The van der Waals surface area contributed by atoms with E-state index < -0.39 is 5.60 Å². The van der Waals surface area contributed by atoms with Gasteiger partial charge in [0.2, 0.25) is 0 Å². The van der Waals surface area contributed by atoms with Crippen molar-refractivity contribution in [2.75, 3.05) is 6.54 Å². The highest BCUT2D eigenvalue weighted by Crippen LogP contribution is 2.20. The Hall–Kier alpha value is -1.33. The second kappa shape index (κ2) is 5.58. The van der Waals surface area contributed by atoms with Gasteiger partial charge < -0.3 is 15.4 Å². The van der Waals surface area contributed by atoms with Crippen molar-refractivity contribution < 1.29 is 9.90 Å². The molecule has 2 aromatic rings. The molecule has 0 aliphatic carbocycles. The van der Waals surface area contributed by atoms with E-state index in [1.165, 1.54) is 0 Å². The van der Waals surface area contributed by atoms with E-state index in [1.807, 2.05) is 32.0 Å². The topological polar surface area (TPSA) is 65.1 Å². The summed E-state index contributed by atoms with van der Waals surface area (Å²) in [4.78, 5) is 15.2. The van der Waals surface area contributed by atoms with Crippen LogP contribution in [-0.4, -0.2) is 28.1 Å². The fourth-order valence-electron chi connectivity index (χ4n) is 1.78. The number of carbonyl (C=O) groups is 1. The lowest BCUT2D eigenvalue weighted by Crippen LogP contribution is -2.44. The van der Waals surface area contributed by atoms with Crippen LogP contribution in [-0.2, 0) is 0 Å². The van der Waals surface area contributed by atoms with Crippen LogP contribution in [0.25, 0.3) is 10.9 Å². The number of nitrogens with one attached hydrogen (secondary N) is 2. The Morgan fingerprint density at radius 3 is 2.80 bits per heavy atom. The summed E-state index contributed by atoms with van der Waals surface area (Å²) in [5.74, 6) is -0.139. The van der Waals surface area contributed by atoms with E-state index >= 15 is 0 Å². The Kier molecular flexibility index (Phi) is 4.20. The summed E-state index contributed by atoms with van der Waals surface area (Å²) >= 11 is 3.40. The molecule has 0 radical (unpaired) electrons. The average Bonchev–Trinajstić information content (AvgIpc) is 2.78. The highest BCUT2D eigenvalue weighted by atomic mass is 79.9. The van der Waals surface area contributed by atoms with Crippen LogP contribution in [0.1, 0.15) is 31.3 Å². The second-order valence-corrected chi connectivity index (χ2v) is 6.52. The van der Waals surface area contributed by atoms with Crippen LogP contribution >= 0.6 is 15.9 Å². The Balaban J connectivity index is 2.12. The minimum Gasteiger partial charge on any atom is -0.388 e. The lowest BCUT2D eigenvalue weighted by Gasteiger charge is -2.27. The van der Waals surface area contributed by atoms with Crippen molar-refractivity contribution in [2.24, 2.45) is 5.92 Å². The molecule has 0 spiro atoms. The molecule has 1 heterocycles. The maximum Gasteiger partial charge on any atom is 0.267 e. The van der Waals surface area contributed by atoms with Gasteiger partial charge in [-0.05, 0) is 31.0 Å². The first kappa shape index (κ1) is 15.1. The van der Waals surface area contributed by atoms with Gasteiger partial charge in [0, 0.05) is 21.9 Å². The van der Waals surface area contributed by atoms with E-state index in [0.717, 1.165) is 15.4 Å². The zero-order chi connectivity index (χ0) is 14.9. The number of H-pyrrole nitrogens is 1. The Morgan fingerprint density at radius 2 is 2.15 bits per heavy atom. The van der Waals surface area contributed by atoms with Gasteiger partial charge in [-0.1, -0.05) is 35.8 Å². The summed E-state index contributed by atoms with van der Waals surface area (Å²) in [6.45, 7) is 5.79. The van der Waals surface area contributed by atoms with Crippen LogP contribution < -0.4 is 5.32 Å². The number of hydrogen-bond donors (Lipinski definition) is 3. The maximum absolute atomic E-state index is 12.1. The Bertz CT molecular complexity index is 632. The molecular weight excluding hydrogens is 320 g/mol. The normalized spacial score (nSPS) is 14.5. The van der Waals surface area contributed by atoms with Crippen molar-refractivity contribution in [3.8, 4) is 0 Å². The Labute approximate surface area is 126 Å². The monoisotopic (exact) mass is 338 g/mol. The van der Waals surface area contributed by atoms with Crippen LogP contribution in [0.3, 0.4) is 0 Å². The molecule has 1 aromatic heterocycles. The van der Waals surface area contributed by atoms with Crippen molar-refractivity contribution >= 4 is 32.7 Å². The van der Waals surface area contributed by atoms with E-state index in [9.17, 15) is 9.90 Å². The molecule has 108 valence electrons. The van der Waals surface area contributed by atoms with Crippen molar-refractivity contribution in [3.63, 3.8) is 0 Å². The van der Waals surface area contributed by atoms with Gasteiger partial charge in [0.15, 0.2) is 0 Å². The smallest absolute Gasteiger partial charge is 0.267 e. The molecule has 0 aliphatic heterocycles. The molecule has 5 heteroatoms. The molecule has 3 N–H and O–H groups in total. The molecule has 2 rings (SSSR count). The number of aromatic amines is 1. The molecule has 0 fully saturated rings. The summed E-state index contributed by atoms with van der Waals surface area (Å²) in [6, 6.07) is 7.61. The van der Waals surface area contributed by atoms with Gasteiger partial charge in [-0.3, -0.25) is 4.79 Å². The number of aromatic nitrogens is 1. The molecule has 1 atom stereocenters. The van der Waals surface area contributed by atoms with E-state index in [2.05, 4.69) is 26.2 Å². The van der Waals surface area contributed by atoms with Gasteiger partial charge in [-0.2, -0.15) is 0 Å². The van der Waals surface area contributed by atoms with Crippen molar-refractivity contribution in [1.82, 2.24) is 10.3 Å². The minimum absolute atomic E-state index is 0.0708.